The zero-order chi connectivity index (χ0) is 29.6. The molecule has 0 radical (unpaired) electrons. The van der Waals surface area contributed by atoms with Crippen molar-refractivity contribution in [1.82, 2.24) is 15.0 Å². The molecule has 0 unspecified atom stereocenters. The van der Waals surface area contributed by atoms with E-state index in [4.69, 9.17) is 9.98 Å². The molecule has 0 spiro atoms. The van der Waals surface area contributed by atoms with Crippen LogP contribution in [-0.2, 0) is 0 Å². The molecule has 0 bridgehead atoms. The molecule has 0 atom stereocenters. The minimum absolute atomic E-state index is 0.767. The van der Waals surface area contributed by atoms with Crippen molar-refractivity contribution in [2.75, 3.05) is 0 Å². The molecule has 0 N–H and O–H groups in total. The molecular weight excluding hydrogens is 536 g/mol. The van der Waals surface area contributed by atoms with Gasteiger partial charge in [-0.25, -0.2) is 9.98 Å². The summed E-state index contributed by atoms with van der Waals surface area (Å²) in [6.07, 6.45) is 20.9. The Kier molecular flexibility index (Phi) is 7.64. The van der Waals surface area contributed by atoms with Crippen LogP contribution in [0.5, 0.6) is 0 Å². The van der Waals surface area contributed by atoms with Gasteiger partial charge in [-0.05, 0) is 65.6 Å². The third-order valence-electron chi connectivity index (χ3n) is 7.54. The molecular formula is C40H28N4. The van der Waals surface area contributed by atoms with Crippen molar-refractivity contribution in [2.24, 2.45) is 4.99 Å². The summed E-state index contributed by atoms with van der Waals surface area (Å²) in [5.74, 6) is 0. The minimum atomic E-state index is 0.767. The first kappa shape index (κ1) is 26.9. The van der Waals surface area contributed by atoms with Crippen molar-refractivity contribution in [3.05, 3.63) is 192 Å². The molecule has 0 fully saturated rings. The summed E-state index contributed by atoms with van der Waals surface area (Å²) in [4.78, 5) is 18.7. The average Bonchev–Trinajstić information content (AvgIpc) is 3.49. The molecule has 0 saturated heterocycles. The van der Waals surface area contributed by atoms with Crippen LogP contribution in [0.1, 0.15) is 23.1 Å². The van der Waals surface area contributed by atoms with Gasteiger partial charge in [0.05, 0.1) is 22.8 Å². The Morgan fingerprint density at radius 2 is 1.27 bits per heavy atom. The summed E-state index contributed by atoms with van der Waals surface area (Å²) in [6, 6.07) is 32.8. The molecule has 1 aliphatic heterocycles. The Morgan fingerprint density at radius 1 is 0.614 bits per heavy atom. The summed E-state index contributed by atoms with van der Waals surface area (Å²) in [6.45, 7) is 0. The smallest absolute Gasteiger partial charge is 0.0802 e. The summed E-state index contributed by atoms with van der Waals surface area (Å²) in [5.41, 5.74) is 15.5. The highest BCUT2D eigenvalue weighted by molar-refractivity contribution is 6.11. The lowest BCUT2D eigenvalue weighted by Gasteiger charge is -2.10. The monoisotopic (exact) mass is 564 g/mol. The largest absolute Gasteiger partial charge is 0.264 e. The number of aliphatic imine (C=N–C) groups is 1. The van der Waals surface area contributed by atoms with Crippen molar-refractivity contribution < 1.29 is 0 Å². The molecule has 7 rings (SSSR count). The first-order chi connectivity index (χ1) is 21.8. The summed E-state index contributed by atoms with van der Waals surface area (Å²) in [7, 11) is 0. The zero-order valence-electron chi connectivity index (χ0n) is 24.0. The first-order valence-corrected chi connectivity index (χ1v) is 14.6. The van der Waals surface area contributed by atoms with Gasteiger partial charge in [0.2, 0.25) is 0 Å². The van der Waals surface area contributed by atoms with Gasteiger partial charge in [0.25, 0.3) is 0 Å². The highest BCUT2D eigenvalue weighted by atomic mass is 14.8. The number of allylic oxidation sites excluding steroid dienone is 8. The molecule has 44 heavy (non-hydrogen) atoms. The second-order valence-electron chi connectivity index (χ2n) is 10.5. The average molecular weight is 565 g/mol. The van der Waals surface area contributed by atoms with Crippen LogP contribution < -0.4 is 0 Å². The van der Waals surface area contributed by atoms with Gasteiger partial charge in [-0.15, -0.1) is 5.73 Å². The lowest BCUT2D eigenvalue weighted by molar-refractivity contribution is 1.25. The second kappa shape index (κ2) is 12.5. The number of nitrogens with zero attached hydrogens (tertiary/aromatic N) is 4. The molecule has 1 aliphatic carbocycles. The Bertz CT molecular complexity index is 1970. The lowest BCUT2D eigenvalue weighted by atomic mass is 10.00. The van der Waals surface area contributed by atoms with Crippen LogP contribution in [0.4, 0.5) is 0 Å². The molecule has 0 saturated carbocycles. The number of hydrogen-bond donors (Lipinski definition) is 0. The van der Waals surface area contributed by atoms with Gasteiger partial charge in [-0.3, -0.25) is 9.97 Å². The SMILES string of the molecule is C1=CC(c2cccnc2)=NC(c2ccccc2)=CC=1C1=CC=C(c2cc(-c3ccccc3)nc(-c3cccnc3)c2)C=CC1. The number of rotatable bonds is 6. The van der Waals surface area contributed by atoms with Gasteiger partial charge in [0.1, 0.15) is 0 Å². The van der Waals surface area contributed by atoms with E-state index in [0.717, 1.165) is 73.8 Å². The summed E-state index contributed by atoms with van der Waals surface area (Å²) in [5, 5.41) is 0. The highest BCUT2D eigenvalue weighted by Gasteiger charge is 2.14. The van der Waals surface area contributed by atoms with Gasteiger partial charge in [0, 0.05) is 58.7 Å². The van der Waals surface area contributed by atoms with Gasteiger partial charge < -0.3 is 0 Å². The van der Waals surface area contributed by atoms with Gasteiger partial charge in [-0.2, -0.15) is 0 Å². The third-order valence-corrected chi connectivity index (χ3v) is 7.54. The quantitative estimate of drug-likeness (QED) is 0.193. The maximum Gasteiger partial charge on any atom is 0.0802 e. The molecule has 2 aliphatic rings. The molecule has 4 nitrogen and oxygen atoms in total. The van der Waals surface area contributed by atoms with Crippen molar-refractivity contribution >= 4 is 17.0 Å². The van der Waals surface area contributed by atoms with Crippen molar-refractivity contribution in [1.29, 1.82) is 0 Å². The Balaban J connectivity index is 1.30. The highest BCUT2D eigenvalue weighted by Crippen LogP contribution is 2.32. The van der Waals surface area contributed by atoms with E-state index in [0.29, 0.717) is 0 Å². The first-order valence-electron chi connectivity index (χ1n) is 14.6. The molecule has 2 aromatic carbocycles. The van der Waals surface area contributed by atoms with Crippen molar-refractivity contribution in [3.8, 4) is 22.5 Å². The predicted octanol–water partition coefficient (Wildman–Crippen LogP) is 9.10. The number of benzene rings is 2. The van der Waals surface area contributed by atoms with Crippen LogP contribution in [0.3, 0.4) is 0 Å². The van der Waals surface area contributed by atoms with Crippen LogP contribution in [0.15, 0.2) is 180 Å². The van der Waals surface area contributed by atoms with E-state index in [2.05, 4.69) is 82.5 Å². The number of aromatic nitrogens is 3. The maximum atomic E-state index is 5.05. The Labute approximate surface area is 257 Å². The van der Waals surface area contributed by atoms with Gasteiger partial charge in [0.15, 0.2) is 0 Å². The third kappa shape index (κ3) is 5.98. The summed E-state index contributed by atoms with van der Waals surface area (Å²) < 4.78 is 0. The van der Waals surface area contributed by atoms with E-state index in [1.807, 2.05) is 79.1 Å². The maximum absolute atomic E-state index is 5.05. The number of hydrogen-bond acceptors (Lipinski definition) is 4. The second-order valence-corrected chi connectivity index (χ2v) is 10.5. The van der Waals surface area contributed by atoms with Gasteiger partial charge >= 0.3 is 0 Å². The van der Waals surface area contributed by atoms with Crippen molar-refractivity contribution in [2.45, 2.75) is 6.42 Å². The van der Waals surface area contributed by atoms with Gasteiger partial charge in [-0.1, -0.05) is 85.0 Å². The normalized spacial score (nSPS) is 14.4. The van der Waals surface area contributed by atoms with Crippen LogP contribution in [0, 0.1) is 0 Å². The molecule has 4 heterocycles. The minimum Gasteiger partial charge on any atom is -0.264 e. The topological polar surface area (TPSA) is 51.0 Å². The fourth-order valence-electron chi connectivity index (χ4n) is 5.26. The molecule has 3 aromatic heterocycles. The standard InChI is InChI=1S/C40H28N4/c1-3-10-31(11-4-1)38-24-33(20-21-37(43-38)34-16-8-22-41-27-34)29-14-7-15-30(19-18-29)36-25-39(32-12-5-2-6-13-32)44-40(26-36)35-17-9-23-42-28-35/h1-13,15-19,21-28H,14H2. The van der Waals surface area contributed by atoms with E-state index in [1.165, 1.54) is 0 Å². The Hall–Kier alpha value is -5.96. The van der Waals surface area contributed by atoms with Crippen LogP contribution in [0.25, 0.3) is 33.8 Å². The van der Waals surface area contributed by atoms with E-state index < -0.39 is 0 Å². The fourth-order valence-corrected chi connectivity index (χ4v) is 5.26. The summed E-state index contributed by atoms with van der Waals surface area (Å²) >= 11 is 0. The van der Waals surface area contributed by atoms with Crippen molar-refractivity contribution in [3.63, 3.8) is 0 Å². The van der Waals surface area contributed by atoms with Crippen LogP contribution in [-0.4, -0.2) is 20.7 Å². The predicted molar refractivity (Wildman–Crippen MR) is 180 cm³/mol. The number of pyridine rings is 3. The zero-order valence-corrected chi connectivity index (χ0v) is 24.0. The molecule has 208 valence electrons. The van der Waals surface area contributed by atoms with E-state index in [-0.39, 0.29) is 0 Å². The van der Waals surface area contributed by atoms with E-state index in [9.17, 15) is 0 Å². The fraction of sp³-hybridized carbons (Fsp3) is 0.0250. The van der Waals surface area contributed by atoms with E-state index >= 15 is 0 Å². The van der Waals surface area contributed by atoms with E-state index in [1.54, 1.807) is 12.4 Å². The molecule has 0 amide bonds. The van der Waals surface area contributed by atoms with Crippen LogP contribution >= 0.6 is 0 Å². The molecule has 4 heteroatoms. The molecule has 5 aromatic rings. The Morgan fingerprint density at radius 3 is 1.98 bits per heavy atom. The lowest BCUT2D eigenvalue weighted by Crippen LogP contribution is -1.97. The van der Waals surface area contributed by atoms with Crippen LogP contribution in [0.2, 0.25) is 0 Å².